The molecule has 3 aromatic heterocycles. The molecule has 0 saturated heterocycles. The molecular formula is C20H17N5O2S. The van der Waals surface area contributed by atoms with Gasteiger partial charge in [0.15, 0.2) is 11.5 Å². The van der Waals surface area contributed by atoms with Gasteiger partial charge in [0.2, 0.25) is 10.8 Å². The number of aromatic nitrogens is 5. The summed E-state index contributed by atoms with van der Waals surface area (Å²) in [4.78, 5) is 4.16. The second-order valence-electron chi connectivity index (χ2n) is 6.35. The van der Waals surface area contributed by atoms with Crippen molar-refractivity contribution in [3.8, 4) is 23.0 Å². The number of hydrogen-bond donors (Lipinski definition) is 1. The van der Waals surface area contributed by atoms with Crippen molar-refractivity contribution in [2.75, 3.05) is 14.2 Å². The Balaban J connectivity index is 1.49. The molecule has 7 nitrogen and oxygen atoms in total. The number of nitrogens with zero attached hydrogens (tertiary/aromatic N) is 4. The summed E-state index contributed by atoms with van der Waals surface area (Å²) in [6.45, 7) is 0. The van der Waals surface area contributed by atoms with Crippen LogP contribution in [0.2, 0.25) is 0 Å². The first-order valence-corrected chi connectivity index (χ1v) is 9.57. The molecule has 0 amide bonds. The Bertz CT molecular complexity index is 1250. The monoisotopic (exact) mass is 391 g/mol. The maximum absolute atomic E-state index is 5.39. The van der Waals surface area contributed by atoms with Crippen molar-refractivity contribution in [3.63, 3.8) is 0 Å². The van der Waals surface area contributed by atoms with Crippen molar-refractivity contribution in [1.29, 1.82) is 0 Å². The summed E-state index contributed by atoms with van der Waals surface area (Å²) in [5, 5.41) is 15.4. The number of aromatic amines is 1. The Labute approximate surface area is 164 Å². The second-order valence-corrected chi connectivity index (χ2v) is 7.39. The fourth-order valence-electron chi connectivity index (χ4n) is 3.25. The van der Waals surface area contributed by atoms with Crippen LogP contribution in [0.1, 0.15) is 10.6 Å². The minimum atomic E-state index is 0.681. The van der Waals surface area contributed by atoms with Crippen molar-refractivity contribution in [2.45, 2.75) is 6.42 Å². The lowest BCUT2D eigenvalue weighted by Crippen LogP contribution is -1.95. The third-order valence-corrected chi connectivity index (χ3v) is 5.51. The Hall–Kier alpha value is -3.39. The minimum absolute atomic E-state index is 0.681. The molecule has 0 fully saturated rings. The number of hydrogen-bond acceptors (Lipinski definition) is 6. The first kappa shape index (κ1) is 16.8. The van der Waals surface area contributed by atoms with Crippen molar-refractivity contribution in [1.82, 2.24) is 24.8 Å². The largest absolute Gasteiger partial charge is 0.493 e. The number of nitrogens with one attached hydrogen (secondary N) is 1. The Morgan fingerprint density at radius 3 is 2.68 bits per heavy atom. The van der Waals surface area contributed by atoms with Gasteiger partial charge in [-0.15, -0.1) is 10.2 Å². The van der Waals surface area contributed by atoms with Gasteiger partial charge in [-0.3, -0.25) is 0 Å². The average Bonchev–Trinajstić information content (AvgIpc) is 3.41. The second kappa shape index (κ2) is 6.65. The maximum Gasteiger partial charge on any atom is 0.235 e. The predicted molar refractivity (Wildman–Crippen MR) is 108 cm³/mol. The fourth-order valence-corrected chi connectivity index (χ4v) is 4.12. The van der Waals surface area contributed by atoms with Crippen LogP contribution in [-0.4, -0.2) is 39.0 Å². The van der Waals surface area contributed by atoms with Crippen LogP contribution in [0.3, 0.4) is 0 Å². The van der Waals surface area contributed by atoms with E-state index in [4.69, 9.17) is 14.6 Å². The minimum Gasteiger partial charge on any atom is -0.493 e. The SMILES string of the molecule is COc1ccc(Cc2nn3c(-c4cc5ccccc5[nH]4)nnc3s2)cc1OC. The van der Waals surface area contributed by atoms with Crippen molar-refractivity contribution >= 4 is 27.2 Å². The van der Waals surface area contributed by atoms with Crippen LogP contribution < -0.4 is 9.47 Å². The molecule has 140 valence electrons. The van der Waals surface area contributed by atoms with Gasteiger partial charge < -0.3 is 14.5 Å². The summed E-state index contributed by atoms with van der Waals surface area (Å²) in [6.07, 6.45) is 0.681. The summed E-state index contributed by atoms with van der Waals surface area (Å²) in [5.74, 6) is 2.13. The molecule has 0 aliphatic carbocycles. The third-order valence-electron chi connectivity index (χ3n) is 4.61. The summed E-state index contributed by atoms with van der Waals surface area (Å²) < 4.78 is 12.5. The lowest BCUT2D eigenvalue weighted by Gasteiger charge is -2.08. The van der Waals surface area contributed by atoms with Crippen LogP contribution in [0.25, 0.3) is 27.4 Å². The molecule has 0 aliphatic rings. The van der Waals surface area contributed by atoms with Gasteiger partial charge in [-0.25, -0.2) is 0 Å². The van der Waals surface area contributed by atoms with Crippen LogP contribution in [-0.2, 0) is 6.42 Å². The molecular weight excluding hydrogens is 374 g/mol. The van der Waals surface area contributed by atoms with Crippen LogP contribution in [0.5, 0.6) is 11.5 Å². The molecule has 0 bridgehead atoms. The molecule has 5 aromatic rings. The Kier molecular flexibility index (Phi) is 3.98. The van der Waals surface area contributed by atoms with Crippen molar-refractivity contribution in [2.24, 2.45) is 0 Å². The number of rotatable bonds is 5. The quantitative estimate of drug-likeness (QED) is 0.491. The molecule has 0 saturated carbocycles. The van der Waals surface area contributed by atoms with Crippen molar-refractivity contribution < 1.29 is 9.47 Å². The number of H-pyrrole nitrogens is 1. The highest BCUT2D eigenvalue weighted by atomic mass is 32.1. The molecule has 2 aromatic carbocycles. The van der Waals surface area contributed by atoms with Gasteiger partial charge in [0.05, 0.1) is 19.9 Å². The fraction of sp³-hybridized carbons (Fsp3) is 0.150. The van der Waals surface area contributed by atoms with Crippen LogP contribution in [0.4, 0.5) is 0 Å². The van der Waals surface area contributed by atoms with Gasteiger partial charge in [0.1, 0.15) is 5.01 Å². The van der Waals surface area contributed by atoms with Gasteiger partial charge in [-0.2, -0.15) is 9.61 Å². The van der Waals surface area contributed by atoms with E-state index in [2.05, 4.69) is 27.3 Å². The normalized spacial score (nSPS) is 11.4. The molecule has 0 atom stereocenters. The highest BCUT2D eigenvalue weighted by molar-refractivity contribution is 7.16. The highest BCUT2D eigenvalue weighted by Gasteiger charge is 2.16. The van der Waals surface area contributed by atoms with E-state index >= 15 is 0 Å². The topological polar surface area (TPSA) is 77.3 Å². The van der Waals surface area contributed by atoms with Gasteiger partial charge >= 0.3 is 0 Å². The Morgan fingerprint density at radius 1 is 1.00 bits per heavy atom. The molecule has 0 aliphatic heterocycles. The number of methoxy groups -OCH3 is 2. The molecule has 0 unspecified atom stereocenters. The van der Waals surface area contributed by atoms with Crippen molar-refractivity contribution in [3.05, 3.63) is 59.1 Å². The van der Waals surface area contributed by atoms with E-state index in [1.807, 2.05) is 36.4 Å². The molecule has 28 heavy (non-hydrogen) atoms. The third kappa shape index (κ3) is 2.78. The molecule has 0 spiro atoms. The van der Waals surface area contributed by atoms with Crippen LogP contribution in [0, 0.1) is 0 Å². The van der Waals surface area contributed by atoms with Crippen LogP contribution >= 0.6 is 11.3 Å². The summed E-state index contributed by atoms with van der Waals surface area (Å²) in [7, 11) is 3.27. The van der Waals surface area contributed by atoms with E-state index in [9.17, 15) is 0 Å². The zero-order chi connectivity index (χ0) is 19.1. The molecule has 8 heteroatoms. The molecule has 5 rings (SSSR count). The van der Waals surface area contributed by atoms with E-state index in [-0.39, 0.29) is 0 Å². The van der Waals surface area contributed by atoms with Crippen LogP contribution in [0.15, 0.2) is 48.5 Å². The van der Waals surface area contributed by atoms with Gasteiger partial charge in [0.25, 0.3) is 0 Å². The van der Waals surface area contributed by atoms with Gasteiger partial charge in [0, 0.05) is 17.3 Å². The number of benzene rings is 2. The van der Waals surface area contributed by atoms with Gasteiger partial charge in [-0.1, -0.05) is 35.6 Å². The summed E-state index contributed by atoms with van der Waals surface area (Å²) >= 11 is 1.53. The highest BCUT2D eigenvalue weighted by Crippen LogP contribution is 2.30. The zero-order valence-corrected chi connectivity index (χ0v) is 16.2. The van der Waals surface area contributed by atoms with E-state index in [0.717, 1.165) is 32.1 Å². The first-order chi connectivity index (χ1) is 13.7. The van der Waals surface area contributed by atoms with E-state index in [0.29, 0.717) is 23.7 Å². The summed E-state index contributed by atoms with van der Waals surface area (Å²) in [6, 6.07) is 16.1. The average molecular weight is 391 g/mol. The number of para-hydroxylation sites is 1. The van der Waals surface area contributed by atoms with E-state index < -0.39 is 0 Å². The lowest BCUT2D eigenvalue weighted by molar-refractivity contribution is 0.354. The lowest BCUT2D eigenvalue weighted by atomic mass is 10.1. The van der Waals surface area contributed by atoms with E-state index in [1.54, 1.807) is 18.7 Å². The number of fused-ring (bicyclic) bond motifs is 2. The van der Waals surface area contributed by atoms with E-state index in [1.165, 1.54) is 11.3 Å². The van der Waals surface area contributed by atoms with Gasteiger partial charge in [-0.05, 0) is 29.8 Å². The molecule has 0 radical (unpaired) electrons. The first-order valence-electron chi connectivity index (χ1n) is 8.75. The smallest absolute Gasteiger partial charge is 0.235 e. The standard InChI is InChI=1S/C20H17N5O2S/c1-26-16-8-7-12(9-17(16)27-2)10-18-24-25-19(22-23-20(25)28-18)15-11-13-5-3-4-6-14(13)21-15/h3-9,11,21H,10H2,1-2H3. The number of ether oxygens (including phenoxy) is 2. The maximum atomic E-state index is 5.39. The molecule has 1 N–H and O–H groups in total. The molecule has 3 heterocycles. The zero-order valence-electron chi connectivity index (χ0n) is 15.3. The Morgan fingerprint density at radius 2 is 1.86 bits per heavy atom. The summed E-state index contributed by atoms with van der Waals surface area (Å²) in [5.41, 5.74) is 3.06. The predicted octanol–water partition coefficient (Wildman–Crippen LogP) is 3.94.